The molecule has 10 heteroatoms. The van der Waals surface area contributed by atoms with Gasteiger partial charge in [-0.25, -0.2) is 4.79 Å². The molecule has 0 radical (unpaired) electrons. The molecular weight excluding hydrogens is 503 g/mol. The molecule has 0 heterocycles. The van der Waals surface area contributed by atoms with Crippen LogP contribution in [0.25, 0.3) is 0 Å². The molecule has 0 aliphatic heterocycles. The Kier molecular flexibility index (Phi) is 13.2. The van der Waals surface area contributed by atoms with E-state index in [-0.39, 0.29) is 30.5 Å². The summed E-state index contributed by atoms with van der Waals surface area (Å²) < 4.78 is 15.7. The van der Waals surface area contributed by atoms with Crippen molar-refractivity contribution >= 4 is 36.0 Å². The molecule has 0 fully saturated rings. The van der Waals surface area contributed by atoms with Crippen LogP contribution in [0.1, 0.15) is 39.4 Å². The second kappa shape index (κ2) is 14.1. The molecule has 0 saturated heterocycles. The molecule has 172 valence electrons. The van der Waals surface area contributed by atoms with Gasteiger partial charge in [0.1, 0.15) is 23.2 Å². The summed E-state index contributed by atoms with van der Waals surface area (Å²) in [6, 6.07) is 5.23. The number of amides is 1. The molecule has 0 bridgehead atoms. The second-order valence-corrected chi connectivity index (χ2v) is 7.20. The largest absolute Gasteiger partial charge is 0.497 e. The van der Waals surface area contributed by atoms with Crippen molar-refractivity contribution in [2.24, 2.45) is 4.99 Å². The lowest BCUT2D eigenvalue weighted by molar-refractivity contribution is 0.0529. The van der Waals surface area contributed by atoms with Crippen molar-refractivity contribution in [1.29, 1.82) is 0 Å². The van der Waals surface area contributed by atoms with E-state index in [1.165, 1.54) is 0 Å². The van der Waals surface area contributed by atoms with Gasteiger partial charge < -0.3 is 35.3 Å². The van der Waals surface area contributed by atoms with Crippen LogP contribution < -0.4 is 25.4 Å². The first kappa shape index (κ1) is 28.1. The van der Waals surface area contributed by atoms with E-state index in [1.54, 1.807) is 32.4 Å². The van der Waals surface area contributed by atoms with Crippen LogP contribution in [0.2, 0.25) is 0 Å². The van der Waals surface area contributed by atoms with E-state index >= 15 is 0 Å². The third-order valence-electron chi connectivity index (χ3n) is 3.65. The Bertz CT molecular complexity index is 680. The van der Waals surface area contributed by atoms with Gasteiger partial charge in [0.2, 0.25) is 0 Å². The molecule has 1 unspecified atom stereocenters. The van der Waals surface area contributed by atoms with E-state index in [9.17, 15) is 9.90 Å². The zero-order valence-electron chi connectivity index (χ0n) is 18.6. The van der Waals surface area contributed by atoms with Crippen molar-refractivity contribution in [2.75, 3.05) is 40.4 Å². The number of guanidine groups is 1. The number of rotatable bonds is 9. The number of carbonyl (C=O) groups is 1. The highest BCUT2D eigenvalue weighted by molar-refractivity contribution is 14.0. The van der Waals surface area contributed by atoms with E-state index < -0.39 is 17.8 Å². The van der Waals surface area contributed by atoms with Crippen LogP contribution in [-0.4, -0.2) is 63.2 Å². The minimum atomic E-state index is -0.865. The van der Waals surface area contributed by atoms with E-state index in [0.717, 1.165) is 0 Å². The van der Waals surface area contributed by atoms with Gasteiger partial charge in [-0.15, -0.1) is 24.0 Å². The van der Waals surface area contributed by atoms with Crippen LogP contribution in [0.15, 0.2) is 23.2 Å². The van der Waals surface area contributed by atoms with Gasteiger partial charge in [0.05, 0.1) is 20.8 Å². The highest BCUT2D eigenvalue weighted by Gasteiger charge is 2.16. The molecule has 30 heavy (non-hydrogen) atoms. The average Bonchev–Trinajstić information content (AvgIpc) is 2.67. The van der Waals surface area contributed by atoms with E-state index in [4.69, 9.17) is 14.2 Å². The Hall–Kier alpha value is -1.95. The molecule has 0 saturated carbocycles. The minimum absolute atomic E-state index is 0. The number of alkyl carbamates (subject to hydrolysis) is 1. The summed E-state index contributed by atoms with van der Waals surface area (Å²) in [7, 11) is 3.11. The quantitative estimate of drug-likeness (QED) is 0.165. The van der Waals surface area contributed by atoms with Crippen molar-refractivity contribution in [2.45, 2.75) is 39.4 Å². The van der Waals surface area contributed by atoms with Crippen molar-refractivity contribution in [3.63, 3.8) is 0 Å². The predicted octanol–water partition coefficient (Wildman–Crippen LogP) is 2.44. The third-order valence-corrected chi connectivity index (χ3v) is 3.65. The number of methoxy groups -OCH3 is 2. The first-order chi connectivity index (χ1) is 13.7. The van der Waals surface area contributed by atoms with Gasteiger partial charge in [0, 0.05) is 25.2 Å². The molecule has 0 aliphatic carbocycles. The standard InChI is InChI=1S/C20H34N4O5.HI/c1-7-21-18(22-10-11-23-19(26)29-20(2,3)4)24-13-16(25)15-12-14(27-5)8-9-17(15)28-6;/h8-9,12,16,25H,7,10-11,13H2,1-6H3,(H,23,26)(H2,21,22,24);1H. The Balaban J connectivity index is 0.00000841. The number of ether oxygens (including phenoxy) is 3. The summed E-state index contributed by atoms with van der Waals surface area (Å²) in [5.41, 5.74) is 0.0589. The zero-order valence-corrected chi connectivity index (χ0v) is 20.9. The molecule has 0 aromatic heterocycles. The van der Waals surface area contributed by atoms with Crippen LogP contribution in [0, 0.1) is 0 Å². The van der Waals surface area contributed by atoms with Crippen LogP contribution in [0.3, 0.4) is 0 Å². The fraction of sp³-hybridized carbons (Fsp3) is 0.600. The molecule has 1 rings (SSSR count). The lowest BCUT2D eigenvalue weighted by Gasteiger charge is -2.20. The summed E-state index contributed by atoms with van der Waals surface area (Å²) in [4.78, 5) is 16.1. The molecule has 1 aromatic carbocycles. The van der Waals surface area contributed by atoms with Crippen LogP contribution in [0.5, 0.6) is 11.5 Å². The highest BCUT2D eigenvalue weighted by Crippen LogP contribution is 2.29. The molecule has 4 N–H and O–H groups in total. The average molecular weight is 538 g/mol. The maximum atomic E-state index is 11.7. The lowest BCUT2D eigenvalue weighted by atomic mass is 10.1. The Morgan fingerprint density at radius 3 is 2.37 bits per heavy atom. The van der Waals surface area contributed by atoms with E-state index in [1.807, 2.05) is 27.7 Å². The summed E-state index contributed by atoms with van der Waals surface area (Å²) in [5.74, 6) is 1.72. The number of aliphatic hydroxyl groups is 1. The molecule has 1 amide bonds. The first-order valence-electron chi connectivity index (χ1n) is 9.59. The van der Waals surface area contributed by atoms with Gasteiger partial charge in [-0.3, -0.25) is 4.99 Å². The maximum absolute atomic E-state index is 11.7. The SMILES string of the molecule is CCNC(=NCC(O)c1cc(OC)ccc1OC)NCCNC(=O)OC(C)(C)C.I. The minimum Gasteiger partial charge on any atom is -0.497 e. The lowest BCUT2D eigenvalue weighted by Crippen LogP contribution is -2.42. The molecular formula is C20H35IN4O5. The van der Waals surface area contributed by atoms with Gasteiger partial charge in [0.25, 0.3) is 0 Å². The first-order valence-corrected chi connectivity index (χ1v) is 9.59. The predicted molar refractivity (Wildman–Crippen MR) is 128 cm³/mol. The summed E-state index contributed by atoms with van der Waals surface area (Å²) in [5, 5.41) is 19.4. The topological polar surface area (TPSA) is 113 Å². The number of hydrogen-bond acceptors (Lipinski definition) is 6. The van der Waals surface area contributed by atoms with Gasteiger partial charge in [0.15, 0.2) is 5.96 Å². The molecule has 1 atom stereocenters. The van der Waals surface area contributed by atoms with Gasteiger partial charge in [-0.1, -0.05) is 0 Å². The molecule has 9 nitrogen and oxygen atoms in total. The number of carbonyl (C=O) groups excluding carboxylic acids is 1. The van der Waals surface area contributed by atoms with Crippen molar-refractivity contribution in [3.05, 3.63) is 23.8 Å². The van der Waals surface area contributed by atoms with Crippen molar-refractivity contribution in [3.8, 4) is 11.5 Å². The number of aliphatic imine (C=N–C) groups is 1. The van der Waals surface area contributed by atoms with Crippen LogP contribution in [0.4, 0.5) is 4.79 Å². The summed E-state index contributed by atoms with van der Waals surface area (Å²) >= 11 is 0. The number of halogens is 1. The van der Waals surface area contributed by atoms with Gasteiger partial charge >= 0.3 is 6.09 Å². The second-order valence-electron chi connectivity index (χ2n) is 7.20. The number of aliphatic hydroxyl groups excluding tert-OH is 1. The van der Waals surface area contributed by atoms with E-state index in [0.29, 0.717) is 42.7 Å². The zero-order chi connectivity index (χ0) is 21.9. The van der Waals surface area contributed by atoms with Gasteiger partial charge in [-0.2, -0.15) is 0 Å². The third kappa shape index (κ3) is 10.7. The van der Waals surface area contributed by atoms with Gasteiger partial charge in [-0.05, 0) is 45.9 Å². The van der Waals surface area contributed by atoms with Crippen molar-refractivity contribution in [1.82, 2.24) is 16.0 Å². The number of nitrogens with zero attached hydrogens (tertiary/aromatic N) is 1. The maximum Gasteiger partial charge on any atom is 0.407 e. The summed E-state index contributed by atoms with van der Waals surface area (Å²) in [6.07, 6.45) is -1.34. The Labute approximate surface area is 196 Å². The number of nitrogens with one attached hydrogen (secondary N) is 3. The smallest absolute Gasteiger partial charge is 0.407 e. The Morgan fingerprint density at radius 1 is 1.13 bits per heavy atom. The number of hydrogen-bond donors (Lipinski definition) is 4. The highest BCUT2D eigenvalue weighted by atomic mass is 127. The monoisotopic (exact) mass is 538 g/mol. The van der Waals surface area contributed by atoms with Crippen LogP contribution in [-0.2, 0) is 4.74 Å². The molecule has 1 aromatic rings. The Morgan fingerprint density at radius 2 is 1.80 bits per heavy atom. The summed E-state index contributed by atoms with van der Waals surface area (Å²) in [6.45, 7) is 8.96. The fourth-order valence-corrected chi connectivity index (χ4v) is 2.38. The molecule has 0 spiro atoms. The fourth-order valence-electron chi connectivity index (χ4n) is 2.38. The molecule has 0 aliphatic rings. The van der Waals surface area contributed by atoms with Crippen molar-refractivity contribution < 1.29 is 24.1 Å². The normalized spacial score (nSPS) is 12.3. The number of benzene rings is 1. The van der Waals surface area contributed by atoms with Crippen LogP contribution >= 0.6 is 24.0 Å². The van der Waals surface area contributed by atoms with E-state index in [2.05, 4.69) is 20.9 Å².